The van der Waals surface area contributed by atoms with E-state index in [1.54, 1.807) is 12.4 Å². The second-order valence-corrected chi connectivity index (χ2v) is 8.21. The lowest BCUT2D eigenvalue weighted by Gasteiger charge is -2.15. The summed E-state index contributed by atoms with van der Waals surface area (Å²) in [5.41, 5.74) is 1.30. The van der Waals surface area contributed by atoms with Crippen molar-refractivity contribution in [3.05, 3.63) is 28.7 Å². The Morgan fingerprint density at radius 2 is 2.08 bits per heavy atom. The molecular weight excluding hydrogens is 354 g/mol. The second-order valence-electron chi connectivity index (χ2n) is 5.74. The number of carbonyl (C=O) groups excluding carboxylic acids is 1. The summed E-state index contributed by atoms with van der Waals surface area (Å²) in [4.78, 5) is 16.4. The van der Waals surface area contributed by atoms with Crippen molar-refractivity contribution in [2.75, 3.05) is 25.4 Å². The van der Waals surface area contributed by atoms with Gasteiger partial charge in [-0.25, -0.2) is 22.2 Å². The fourth-order valence-electron chi connectivity index (χ4n) is 2.62. The Labute approximate surface area is 144 Å². The monoisotopic (exact) mass is 371 g/mol. The Balaban J connectivity index is 1.66. The van der Waals surface area contributed by atoms with Gasteiger partial charge < -0.3 is 5.32 Å². The molecule has 1 N–H and O–H groups in total. The number of aryl methyl sites for hydroxylation is 1. The zero-order chi connectivity index (χ0) is 17.3. The number of aromatic nitrogens is 3. The zero-order valence-electron chi connectivity index (χ0n) is 13.2. The Hall–Kier alpha value is -1.71. The molecular formula is C14H18ClN5O3S. The molecule has 1 aliphatic rings. The van der Waals surface area contributed by atoms with Crippen LogP contribution in [-0.2, 0) is 10.0 Å². The first-order valence-electron chi connectivity index (χ1n) is 7.65. The van der Waals surface area contributed by atoms with E-state index in [4.69, 9.17) is 11.6 Å². The van der Waals surface area contributed by atoms with Crippen LogP contribution >= 0.6 is 11.6 Å². The highest BCUT2D eigenvalue weighted by Crippen LogP contribution is 2.20. The SMILES string of the molecule is Cc1cnc2c(Cl)c(C(=O)NCCS(=O)(=O)N3CCCC3)nn2c1. The van der Waals surface area contributed by atoms with Gasteiger partial charge in [-0.05, 0) is 25.3 Å². The topological polar surface area (TPSA) is 96.7 Å². The fourth-order valence-corrected chi connectivity index (χ4v) is 4.31. The van der Waals surface area contributed by atoms with Gasteiger partial charge in [0.25, 0.3) is 5.91 Å². The number of rotatable bonds is 5. The lowest BCUT2D eigenvalue weighted by molar-refractivity contribution is 0.0951. The van der Waals surface area contributed by atoms with Gasteiger partial charge in [0.2, 0.25) is 10.0 Å². The summed E-state index contributed by atoms with van der Waals surface area (Å²) in [7, 11) is -3.33. The lowest BCUT2D eigenvalue weighted by Crippen LogP contribution is -2.36. The molecule has 1 fully saturated rings. The second kappa shape index (κ2) is 6.66. The molecule has 24 heavy (non-hydrogen) atoms. The minimum Gasteiger partial charge on any atom is -0.350 e. The molecule has 1 amide bonds. The first-order chi connectivity index (χ1) is 11.4. The van der Waals surface area contributed by atoms with E-state index in [0.29, 0.717) is 18.7 Å². The number of hydrogen-bond acceptors (Lipinski definition) is 5. The summed E-state index contributed by atoms with van der Waals surface area (Å²) in [6.45, 7) is 2.97. The molecule has 1 aliphatic heterocycles. The van der Waals surface area contributed by atoms with Crippen LogP contribution in [0.5, 0.6) is 0 Å². The number of halogens is 1. The van der Waals surface area contributed by atoms with Crippen LogP contribution in [0.2, 0.25) is 5.02 Å². The normalized spacial score (nSPS) is 15.9. The van der Waals surface area contributed by atoms with Crippen LogP contribution in [0.25, 0.3) is 5.65 Å². The average Bonchev–Trinajstić information content (AvgIpc) is 3.16. The maximum Gasteiger partial charge on any atom is 0.273 e. The van der Waals surface area contributed by atoms with E-state index in [1.807, 2.05) is 6.92 Å². The summed E-state index contributed by atoms with van der Waals surface area (Å²) in [6.07, 6.45) is 5.11. The number of sulfonamides is 1. The van der Waals surface area contributed by atoms with Crippen molar-refractivity contribution in [1.29, 1.82) is 0 Å². The van der Waals surface area contributed by atoms with E-state index in [0.717, 1.165) is 18.4 Å². The summed E-state index contributed by atoms with van der Waals surface area (Å²) in [5.74, 6) is -0.652. The molecule has 0 unspecified atom stereocenters. The van der Waals surface area contributed by atoms with Crippen LogP contribution in [-0.4, -0.2) is 58.6 Å². The lowest BCUT2D eigenvalue weighted by atomic mass is 10.4. The number of fused-ring (bicyclic) bond motifs is 1. The van der Waals surface area contributed by atoms with E-state index in [2.05, 4.69) is 15.4 Å². The maximum absolute atomic E-state index is 12.2. The highest BCUT2D eigenvalue weighted by Gasteiger charge is 2.25. The van der Waals surface area contributed by atoms with Crippen molar-refractivity contribution >= 4 is 33.2 Å². The van der Waals surface area contributed by atoms with Crippen LogP contribution < -0.4 is 5.32 Å². The molecule has 0 spiro atoms. The van der Waals surface area contributed by atoms with Gasteiger partial charge in [0.15, 0.2) is 11.3 Å². The molecule has 3 rings (SSSR count). The Bertz CT molecular complexity index is 874. The first-order valence-corrected chi connectivity index (χ1v) is 9.64. The quantitative estimate of drug-likeness (QED) is 0.840. The smallest absolute Gasteiger partial charge is 0.273 e. The molecule has 0 atom stereocenters. The standard InChI is InChI=1S/C14H18ClN5O3S/c1-10-8-17-13-11(15)12(18-20(13)9-10)14(21)16-4-7-24(22,23)19-5-2-3-6-19/h8-9H,2-7H2,1H3,(H,16,21). The third-order valence-corrected chi connectivity index (χ3v) is 6.08. The van der Waals surface area contributed by atoms with E-state index in [-0.39, 0.29) is 23.0 Å². The van der Waals surface area contributed by atoms with Gasteiger partial charge in [-0.2, -0.15) is 5.10 Å². The summed E-state index contributed by atoms with van der Waals surface area (Å²) in [5, 5.41) is 6.83. The van der Waals surface area contributed by atoms with Crippen molar-refractivity contribution in [3.63, 3.8) is 0 Å². The number of amides is 1. The first kappa shape index (κ1) is 17.1. The largest absolute Gasteiger partial charge is 0.350 e. The molecule has 3 heterocycles. The van der Waals surface area contributed by atoms with Gasteiger partial charge in [-0.1, -0.05) is 11.6 Å². The Morgan fingerprint density at radius 1 is 1.38 bits per heavy atom. The third kappa shape index (κ3) is 3.38. The highest BCUT2D eigenvalue weighted by molar-refractivity contribution is 7.89. The van der Waals surface area contributed by atoms with Gasteiger partial charge >= 0.3 is 0 Å². The van der Waals surface area contributed by atoms with Crippen molar-refractivity contribution in [1.82, 2.24) is 24.2 Å². The molecule has 0 aromatic carbocycles. The van der Waals surface area contributed by atoms with Crippen molar-refractivity contribution in [2.45, 2.75) is 19.8 Å². The van der Waals surface area contributed by atoms with Crippen LogP contribution in [0.1, 0.15) is 28.9 Å². The molecule has 2 aromatic heterocycles. The Morgan fingerprint density at radius 3 is 2.79 bits per heavy atom. The number of nitrogens with zero attached hydrogens (tertiary/aromatic N) is 4. The van der Waals surface area contributed by atoms with E-state index < -0.39 is 15.9 Å². The van der Waals surface area contributed by atoms with E-state index in [1.165, 1.54) is 8.82 Å². The van der Waals surface area contributed by atoms with Crippen LogP contribution in [0, 0.1) is 6.92 Å². The Kier molecular flexibility index (Phi) is 4.75. The third-order valence-electron chi connectivity index (χ3n) is 3.86. The molecule has 0 saturated carbocycles. The van der Waals surface area contributed by atoms with Crippen LogP contribution in [0.3, 0.4) is 0 Å². The predicted molar refractivity (Wildman–Crippen MR) is 89.7 cm³/mol. The maximum atomic E-state index is 12.2. The average molecular weight is 372 g/mol. The van der Waals surface area contributed by atoms with Gasteiger partial charge in [0.05, 0.1) is 5.75 Å². The molecule has 0 bridgehead atoms. The van der Waals surface area contributed by atoms with Crippen LogP contribution in [0.4, 0.5) is 0 Å². The minimum atomic E-state index is -3.33. The minimum absolute atomic E-state index is 0.00826. The van der Waals surface area contributed by atoms with Gasteiger partial charge in [0, 0.05) is 32.0 Å². The molecule has 130 valence electrons. The fraction of sp³-hybridized carbons (Fsp3) is 0.500. The molecule has 10 heteroatoms. The van der Waals surface area contributed by atoms with Gasteiger partial charge in [0.1, 0.15) is 5.02 Å². The predicted octanol–water partition coefficient (Wildman–Crippen LogP) is 0.847. The highest BCUT2D eigenvalue weighted by atomic mass is 35.5. The molecule has 8 nitrogen and oxygen atoms in total. The van der Waals surface area contributed by atoms with E-state index >= 15 is 0 Å². The number of nitrogens with one attached hydrogen (secondary N) is 1. The molecule has 0 radical (unpaired) electrons. The number of hydrogen-bond donors (Lipinski definition) is 1. The van der Waals surface area contributed by atoms with Crippen molar-refractivity contribution in [2.24, 2.45) is 0 Å². The van der Waals surface area contributed by atoms with Gasteiger partial charge in [-0.3, -0.25) is 4.79 Å². The van der Waals surface area contributed by atoms with E-state index in [9.17, 15) is 13.2 Å². The summed E-state index contributed by atoms with van der Waals surface area (Å²) in [6, 6.07) is 0. The van der Waals surface area contributed by atoms with Gasteiger partial charge in [-0.15, -0.1) is 0 Å². The molecule has 0 aliphatic carbocycles. The number of carbonyl (C=O) groups is 1. The summed E-state index contributed by atoms with van der Waals surface area (Å²) >= 11 is 6.14. The molecule has 1 saturated heterocycles. The molecule has 2 aromatic rings. The van der Waals surface area contributed by atoms with Crippen LogP contribution in [0.15, 0.2) is 12.4 Å². The zero-order valence-corrected chi connectivity index (χ0v) is 14.8. The van der Waals surface area contributed by atoms with Crippen molar-refractivity contribution < 1.29 is 13.2 Å². The summed E-state index contributed by atoms with van der Waals surface area (Å²) < 4.78 is 27.1. The van der Waals surface area contributed by atoms with Crippen molar-refractivity contribution in [3.8, 4) is 0 Å².